The molecule has 5 nitrogen and oxygen atoms in total. The molecule has 1 amide bonds. The fourth-order valence-electron chi connectivity index (χ4n) is 2.41. The van der Waals surface area contributed by atoms with Crippen LogP contribution in [0.25, 0.3) is 0 Å². The smallest absolute Gasteiger partial charge is 0.269 e. The number of carbonyl (C=O) groups is 1. The predicted octanol–water partition coefficient (Wildman–Crippen LogP) is 0.955. The van der Waals surface area contributed by atoms with Gasteiger partial charge in [-0.05, 0) is 29.9 Å². The maximum absolute atomic E-state index is 11.5. The zero-order chi connectivity index (χ0) is 12.0. The number of hydroxylamine groups is 1. The van der Waals surface area contributed by atoms with Crippen molar-refractivity contribution in [2.24, 2.45) is 5.73 Å². The lowest BCUT2D eigenvalue weighted by Gasteiger charge is -2.30. The summed E-state index contributed by atoms with van der Waals surface area (Å²) < 4.78 is 0. The monoisotopic (exact) mass is 233 g/mol. The van der Waals surface area contributed by atoms with Crippen LogP contribution in [0.5, 0.6) is 0 Å². The molecule has 0 aromatic carbocycles. The summed E-state index contributed by atoms with van der Waals surface area (Å²) >= 11 is 0. The number of amides is 1. The average molecular weight is 233 g/mol. The van der Waals surface area contributed by atoms with Gasteiger partial charge in [0.2, 0.25) is 0 Å². The van der Waals surface area contributed by atoms with Crippen LogP contribution in [0, 0.1) is 0 Å². The van der Waals surface area contributed by atoms with Crippen molar-refractivity contribution < 1.29 is 10.0 Å². The first-order valence-electron chi connectivity index (χ1n) is 5.94. The summed E-state index contributed by atoms with van der Waals surface area (Å²) in [4.78, 5) is 15.7. The molecule has 1 aromatic heterocycles. The number of anilines is 1. The van der Waals surface area contributed by atoms with E-state index in [-0.39, 0.29) is 0 Å². The molecule has 0 saturated heterocycles. The molecule has 1 aliphatic heterocycles. The molecule has 0 spiro atoms. The highest BCUT2D eigenvalue weighted by atomic mass is 16.5. The summed E-state index contributed by atoms with van der Waals surface area (Å²) in [6.07, 6.45) is 5.89. The topological polar surface area (TPSA) is 79.4 Å². The van der Waals surface area contributed by atoms with Gasteiger partial charge in [-0.3, -0.25) is 10.0 Å². The van der Waals surface area contributed by atoms with Gasteiger partial charge in [-0.15, -0.1) is 0 Å². The molecule has 1 aliphatic carbocycles. The molecule has 2 aliphatic rings. The van der Waals surface area contributed by atoms with E-state index >= 15 is 0 Å². The molecule has 1 atom stereocenters. The van der Waals surface area contributed by atoms with Crippen LogP contribution in [0.2, 0.25) is 0 Å². The first-order chi connectivity index (χ1) is 8.16. The second-order valence-electron chi connectivity index (χ2n) is 4.84. The highest BCUT2D eigenvalue weighted by Crippen LogP contribution is 2.37. The van der Waals surface area contributed by atoms with Crippen molar-refractivity contribution in [3.8, 4) is 0 Å². The van der Waals surface area contributed by atoms with Gasteiger partial charge in [0.25, 0.3) is 5.91 Å². The van der Waals surface area contributed by atoms with E-state index in [2.05, 4.69) is 4.98 Å². The molecule has 0 radical (unpaired) electrons. The summed E-state index contributed by atoms with van der Waals surface area (Å²) in [6.45, 7) is 0. The van der Waals surface area contributed by atoms with Crippen molar-refractivity contribution in [3.63, 3.8) is 0 Å². The number of nitrogens with zero attached hydrogens (tertiary/aromatic N) is 2. The molecule has 17 heavy (non-hydrogen) atoms. The quantitative estimate of drug-likeness (QED) is 0.708. The minimum Gasteiger partial charge on any atom is -0.320 e. The minimum absolute atomic E-state index is 0.333. The van der Waals surface area contributed by atoms with E-state index in [4.69, 9.17) is 5.73 Å². The third-order valence-electron chi connectivity index (χ3n) is 3.71. The van der Waals surface area contributed by atoms with Crippen molar-refractivity contribution in [1.82, 2.24) is 4.98 Å². The normalized spacial score (nSPS) is 24.5. The van der Waals surface area contributed by atoms with Crippen LogP contribution in [0.15, 0.2) is 12.3 Å². The van der Waals surface area contributed by atoms with Crippen molar-refractivity contribution in [1.29, 1.82) is 0 Å². The number of hydrogen-bond acceptors (Lipinski definition) is 4. The minimum atomic E-state index is -0.661. The lowest BCUT2D eigenvalue weighted by atomic mass is 9.80. The van der Waals surface area contributed by atoms with Crippen molar-refractivity contribution in [2.75, 3.05) is 5.06 Å². The Hall–Kier alpha value is -1.46. The lowest BCUT2D eigenvalue weighted by Crippen LogP contribution is -2.47. The van der Waals surface area contributed by atoms with Crippen molar-refractivity contribution in [2.45, 2.75) is 37.6 Å². The van der Waals surface area contributed by atoms with Gasteiger partial charge in [-0.1, -0.05) is 12.5 Å². The highest BCUT2D eigenvalue weighted by molar-refractivity contribution is 5.97. The predicted molar refractivity (Wildman–Crippen MR) is 61.8 cm³/mol. The fourth-order valence-corrected chi connectivity index (χ4v) is 2.41. The van der Waals surface area contributed by atoms with Gasteiger partial charge in [-0.2, -0.15) is 5.06 Å². The third-order valence-corrected chi connectivity index (χ3v) is 3.71. The first-order valence-corrected chi connectivity index (χ1v) is 5.94. The largest absolute Gasteiger partial charge is 0.320 e. The van der Waals surface area contributed by atoms with Crippen LogP contribution in [0.4, 0.5) is 5.82 Å². The van der Waals surface area contributed by atoms with Gasteiger partial charge in [0.1, 0.15) is 0 Å². The van der Waals surface area contributed by atoms with Crippen LogP contribution in [0.3, 0.4) is 0 Å². The summed E-state index contributed by atoms with van der Waals surface area (Å²) in [6, 6.07) is 1.37. The number of carbonyl (C=O) groups excluding carboxylic acids is 1. The highest BCUT2D eigenvalue weighted by Gasteiger charge is 2.32. The summed E-state index contributed by atoms with van der Waals surface area (Å²) in [7, 11) is 0. The maximum Gasteiger partial charge on any atom is 0.269 e. The molecule has 5 heteroatoms. The maximum atomic E-state index is 11.5. The fraction of sp³-hybridized carbons (Fsp3) is 0.500. The van der Waals surface area contributed by atoms with Gasteiger partial charge >= 0.3 is 0 Å². The average Bonchev–Trinajstić information content (AvgIpc) is 2.23. The van der Waals surface area contributed by atoms with E-state index in [1.54, 1.807) is 6.20 Å². The van der Waals surface area contributed by atoms with Crippen LogP contribution in [-0.2, 0) is 11.2 Å². The number of hydrogen-bond donors (Lipinski definition) is 2. The van der Waals surface area contributed by atoms with E-state index in [9.17, 15) is 10.0 Å². The third kappa shape index (κ3) is 1.62. The Morgan fingerprint density at radius 3 is 2.88 bits per heavy atom. The first kappa shape index (κ1) is 10.7. The Kier molecular flexibility index (Phi) is 2.38. The van der Waals surface area contributed by atoms with Gasteiger partial charge in [0, 0.05) is 12.6 Å². The summed E-state index contributed by atoms with van der Waals surface area (Å²) in [5, 5.41) is 10.2. The molecule has 3 rings (SSSR count). The van der Waals surface area contributed by atoms with Crippen LogP contribution in [0.1, 0.15) is 36.3 Å². The Balaban J connectivity index is 1.97. The van der Waals surface area contributed by atoms with E-state index in [1.165, 1.54) is 24.8 Å². The number of rotatable bonds is 1. The number of aromatic nitrogens is 1. The van der Waals surface area contributed by atoms with E-state index in [1.807, 2.05) is 6.07 Å². The van der Waals surface area contributed by atoms with Gasteiger partial charge in [-0.25, -0.2) is 4.98 Å². The second-order valence-corrected chi connectivity index (χ2v) is 4.84. The Morgan fingerprint density at radius 2 is 2.24 bits per heavy atom. The molecule has 3 N–H and O–H groups in total. The second kappa shape index (κ2) is 3.78. The van der Waals surface area contributed by atoms with Gasteiger partial charge in [0.15, 0.2) is 5.82 Å². The van der Waals surface area contributed by atoms with Gasteiger partial charge in [0.05, 0.1) is 6.04 Å². The molecule has 2 heterocycles. The molecule has 0 bridgehead atoms. The number of fused-ring (bicyclic) bond motifs is 1. The van der Waals surface area contributed by atoms with E-state index < -0.39 is 11.9 Å². The molecule has 1 fully saturated rings. The van der Waals surface area contributed by atoms with Gasteiger partial charge < -0.3 is 5.73 Å². The molecule has 1 saturated carbocycles. The molecule has 0 unspecified atom stereocenters. The van der Waals surface area contributed by atoms with Crippen molar-refractivity contribution >= 4 is 11.7 Å². The van der Waals surface area contributed by atoms with E-state index in [0.29, 0.717) is 23.2 Å². The Morgan fingerprint density at radius 1 is 1.47 bits per heavy atom. The van der Waals surface area contributed by atoms with Crippen LogP contribution < -0.4 is 10.8 Å². The molecular formula is C12H15N3O2. The molecular weight excluding hydrogens is 218 g/mol. The zero-order valence-electron chi connectivity index (χ0n) is 9.47. The molecule has 1 aromatic rings. The Bertz CT molecular complexity index is 471. The van der Waals surface area contributed by atoms with Crippen LogP contribution in [-0.4, -0.2) is 22.1 Å². The van der Waals surface area contributed by atoms with Crippen LogP contribution >= 0.6 is 0 Å². The number of nitrogens with two attached hydrogens (primary N) is 1. The van der Waals surface area contributed by atoms with E-state index in [0.717, 1.165) is 5.56 Å². The summed E-state index contributed by atoms with van der Waals surface area (Å²) in [5.74, 6) is 0.440. The summed E-state index contributed by atoms with van der Waals surface area (Å²) in [5.41, 5.74) is 7.74. The number of pyridine rings is 1. The molecule has 90 valence electrons. The lowest BCUT2D eigenvalue weighted by molar-refractivity contribution is -0.125. The Labute approximate surface area is 99.2 Å². The van der Waals surface area contributed by atoms with Crippen molar-refractivity contribution in [3.05, 3.63) is 23.4 Å². The SMILES string of the molecule is N[C@H]1Cc2cc(C3CCC3)cnc2N(O)C1=O. The zero-order valence-corrected chi connectivity index (χ0v) is 9.47. The standard InChI is InChI=1S/C12H15N3O2/c13-10-5-8-4-9(7-2-1-3-7)6-14-11(8)15(17)12(10)16/h4,6-7,10,17H,1-3,5,13H2/t10-/m0/s1.